The Bertz CT molecular complexity index is 552. The molecule has 0 bridgehead atoms. The quantitative estimate of drug-likeness (QED) is 0.765. The summed E-state index contributed by atoms with van der Waals surface area (Å²) in [6.45, 7) is 1.57. The summed E-state index contributed by atoms with van der Waals surface area (Å²) >= 11 is 0. The summed E-state index contributed by atoms with van der Waals surface area (Å²) in [7, 11) is 0. The molecule has 2 heterocycles. The summed E-state index contributed by atoms with van der Waals surface area (Å²) in [5, 5.41) is 7.33. The van der Waals surface area contributed by atoms with Gasteiger partial charge in [0.05, 0.1) is 6.04 Å². The summed E-state index contributed by atoms with van der Waals surface area (Å²) in [5.41, 5.74) is 2.31. The molecule has 1 saturated heterocycles. The lowest BCUT2D eigenvalue weighted by Gasteiger charge is -2.23. The Morgan fingerprint density at radius 3 is 2.89 bits per heavy atom. The minimum absolute atomic E-state index is 0. The van der Waals surface area contributed by atoms with Crippen molar-refractivity contribution in [2.75, 3.05) is 13.1 Å². The lowest BCUT2D eigenvalue weighted by molar-refractivity contribution is -0.124. The van der Waals surface area contributed by atoms with Crippen molar-refractivity contribution in [1.29, 1.82) is 0 Å². The summed E-state index contributed by atoms with van der Waals surface area (Å²) in [5.74, 6) is 0.0986. The fourth-order valence-electron chi connectivity index (χ4n) is 2.33. The van der Waals surface area contributed by atoms with Crippen LogP contribution in [0.3, 0.4) is 0 Å². The predicted octanol–water partition coefficient (Wildman–Crippen LogP) is 1.22. The fourth-order valence-corrected chi connectivity index (χ4v) is 2.33. The van der Waals surface area contributed by atoms with Crippen LogP contribution >= 0.6 is 12.4 Å². The van der Waals surface area contributed by atoms with E-state index in [4.69, 9.17) is 0 Å². The number of hydrogen-bond acceptors (Lipinski definition) is 2. The molecule has 0 saturated carbocycles. The fraction of sp³-hybridized carbons (Fsp3) is 0.308. The van der Waals surface area contributed by atoms with E-state index in [0.29, 0.717) is 0 Å². The zero-order valence-electron chi connectivity index (χ0n) is 9.90. The number of piperazine rings is 1. The van der Waals surface area contributed by atoms with Crippen molar-refractivity contribution in [2.24, 2.45) is 0 Å². The Kier molecular flexibility index (Phi) is 3.89. The van der Waals surface area contributed by atoms with Crippen LogP contribution in [0.25, 0.3) is 10.9 Å². The number of aromatic nitrogens is 1. The van der Waals surface area contributed by atoms with E-state index in [0.717, 1.165) is 25.0 Å². The Hall–Kier alpha value is -1.52. The molecule has 96 valence electrons. The average molecular weight is 266 g/mol. The van der Waals surface area contributed by atoms with Crippen LogP contribution in [0.2, 0.25) is 0 Å². The first-order chi connectivity index (χ1) is 8.34. The third-order valence-corrected chi connectivity index (χ3v) is 3.23. The number of carbonyl (C=O) groups excluding carboxylic acids is 1. The average Bonchev–Trinajstić information content (AvgIpc) is 2.76. The highest BCUT2D eigenvalue weighted by Crippen LogP contribution is 2.19. The molecule has 1 aromatic carbocycles. The highest BCUT2D eigenvalue weighted by molar-refractivity contribution is 5.86. The number of fused-ring (bicyclic) bond motifs is 1. The topological polar surface area (TPSA) is 56.9 Å². The summed E-state index contributed by atoms with van der Waals surface area (Å²) in [6.07, 6.45) is 2.73. The van der Waals surface area contributed by atoms with Crippen LogP contribution in [0.1, 0.15) is 5.56 Å². The molecular formula is C13H16ClN3O. The molecule has 4 nitrogen and oxygen atoms in total. The van der Waals surface area contributed by atoms with Crippen LogP contribution < -0.4 is 10.6 Å². The first-order valence-corrected chi connectivity index (χ1v) is 5.91. The molecule has 1 aliphatic rings. The van der Waals surface area contributed by atoms with Gasteiger partial charge in [0.2, 0.25) is 5.91 Å². The van der Waals surface area contributed by atoms with Gasteiger partial charge in [0.25, 0.3) is 0 Å². The molecule has 5 heteroatoms. The van der Waals surface area contributed by atoms with Gasteiger partial charge in [-0.25, -0.2) is 0 Å². The van der Waals surface area contributed by atoms with Crippen molar-refractivity contribution in [3.05, 3.63) is 36.0 Å². The first kappa shape index (κ1) is 12.9. The summed E-state index contributed by atoms with van der Waals surface area (Å²) < 4.78 is 0. The maximum atomic E-state index is 11.7. The number of nitrogens with one attached hydrogen (secondary N) is 3. The maximum absolute atomic E-state index is 11.7. The number of benzene rings is 1. The van der Waals surface area contributed by atoms with E-state index in [1.807, 2.05) is 24.4 Å². The maximum Gasteiger partial charge on any atom is 0.237 e. The number of H-pyrrole nitrogens is 1. The van der Waals surface area contributed by atoms with Crippen molar-refractivity contribution >= 4 is 29.2 Å². The van der Waals surface area contributed by atoms with Gasteiger partial charge in [-0.3, -0.25) is 4.79 Å². The van der Waals surface area contributed by atoms with Gasteiger partial charge in [-0.05, 0) is 18.1 Å². The van der Waals surface area contributed by atoms with Gasteiger partial charge in [0.15, 0.2) is 0 Å². The summed E-state index contributed by atoms with van der Waals surface area (Å²) in [6, 6.07) is 8.06. The number of aromatic amines is 1. The van der Waals surface area contributed by atoms with Gasteiger partial charge >= 0.3 is 0 Å². The zero-order valence-corrected chi connectivity index (χ0v) is 10.7. The highest BCUT2D eigenvalue weighted by Gasteiger charge is 2.22. The standard InChI is InChI=1S/C13H15N3O.ClH/c17-13-12(14-5-6-15-13)7-9-8-16-11-4-2-1-3-10(9)11;/h1-4,8,12,14,16H,5-7H2,(H,15,17);1H/t12-;/m1./s1. The van der Waals surface area contributed by atoms with E-state index < -0.39 is 0 Å². The summed E-state index contributed by atoms with van der Waals surface area (Å²) in [4.78, 5) is 14.9. The Morgan fingerprint density at radius 2 is 2.06 bits per heavy atom. The van der Waals surface area contributed by atoms with E-state index in [1.165, 1.54) is 10.9 Å². The number of carbonyl (C=O) groups is 1. The number of hydrogen-bond donors (Lipinski definition) is 3. The number of halogens is 1. The van der Waals surface area contributed by atoms with E-state index in [1.54, 1.807) is 0 Å². The van der Waals surface area contributed by atoms with E-state index >= 15 is 0 Å². The molecule has 0 radical (unpaired) electrons. The SMILES string of the molecule is Cl.O=C1NCCN[C@@H]1Cc1c[nH]c2ccccc12. The lowest BCUT2D eigenvalue weighted by Crippen LogP contribution is -2.53. The van der Waals surface area contributed by atoms with Gasteiger partial charge in [-0.1, -0.05) is 18.2 Å². The molecule has 3 rings (SSSR count). The zero-order chi connectivity index (χ0) is 11.7. The number of para-hydroxylation sites is 1. The molecule has 0 aliphatic carbocycles. The molecule has 1 aromatic heterocycles. The minimum Gasteiger partial charge on any atom is -0.361 e. The van der Waals surface area contributed by atoms with Gasteiger partial charge in [-0.15, -0.1) is 12.4 Å². The predicted molar refractivity (Wildman–Crippen MR) is 74.1 cm³/mol. The van der Waals surface area contributed by atoms with E-state index in [9.17, 15) is 4.79 Å². The van der Waals surface area contributed by atoms with Gasteiger partial charge in [-0.2, -0.15) is 0 Å². The Labute approximate surface area is 112 Å². The second-order valence-electron chi connectivity index (χ2n) is 4.36. The van der Waals surface area contributed by atoms with Crippen LogP contribution in [0.5, 0.6) is 0 Å². The van der Waals surface area contributed by atoms with Crippen LogP contribution in [-0.2, 0) is 11.2 Å². The molecule has 3 N–H and O–H groups in total. The van der Waals surface area contributed by atoms with E-state index in [-0.39, 0.29) is 24.4 Å². The molecule has 1 aliphatic heterocycles. The molecule has 1 atom stereocenters. The van der Waals surface area contributed by atoms with Crippen molar-refractivity contribution in [3.63, 3.8) is 0 Å². The Morgan fingerprint density at radius 1 is 1.22 bits per heavy atom. The van der Waals surface area contributed by atoms with Crippen molar-refractivity contribution in [3.8, 4) is 0 Å². The monoisotopic (exact) mass is 265 g/mol. The van der Waals surface area contributed by atoms with E-state index in [2.05, 4.69) is 21.7 Å². The van der Waals surface area contributed by atoms with Gasteiger partial charge < -0.3 is 15.6 Å². The normalized spacial score (nSPS) is 19.3. The largest absolute Gasteiger partial charge is 0.361 e. The van der Waals surface area contributed by atoms with Crippen molar-refractivity contribution < 1.29 is 4.79 Å². The van der Waals surface area contributed by atoms with Crippen LogP contribution in [0.15, 0.2) is 30.5 Å². The van der Waals surface area contributed by atoms with Gasteiger partial charge in [0.1, 0.15) is 0 Å². The molecule has 0 spiro atoms. The molecule has 1 amide bonds. The molecule has 1 fully saturated rings. The minimum atomic E-state index is -0.108. The third kappa shape index (κ3) is 2.35. The second kappa shape index (κ2) is 5.42. The molecular weight excluding hydrogens is 250 g/mol. The lowest BCUT2D eigenvalue weighted by atomic mass is 10.0. The van der Waals surface area contributed by atoms with Crippen molar-refractivity contribution in [1.82, 2.24) is 15.6 Å². The first-order valence-electron chi connectivity index (χ1n) is 5.91. The third-order valence-electron chi connectivity index (χ3n) is 3.23. The molecule has 2 aromatic rings. The molecule has 0 unspecified atom stereocenters. The number of amides is 1. The molecule has 18 heavy (non-hydrogen) atoms. The van der Waals surface area contributed by atoms with Crippen LogP contribution in [-0.4, -0.2) is 30.0 Å². The Balaban J connectivity index is 0.00000120. The number of rotatable bonds is 2. The smallest absolute Gasteiger partial charge is 0.237 e. The van der Waals surface area contributed by atoms with Gasteiger partial charge in [0, 0.05) is 30.2 Å². The van der Waals surface area contributed by atoms with Crippen LogP contribution in [0, 0.1) is 0 Å². The second-order valence-corrected chi connectivity index (χ2v) is 4.36. The highest BCUT2D eigenvalue weighted by atomic mass is 35.5. The van der Waals surface area contributed by atoms with Crippen molar-refractivity contribution in [2.45, 2.75) is 12.5 Å². The van der Waals surface area contributed by atoms with Crippen LogP contribution in [0.4, 0.5) is 0 Å².